The molecule has 0 aromatic rings. The summed E-state index contributed by atoms with van der Waals surface area (Å²) in [6, 6.07) is 0. The van der Waals surface area contributed by atoms with E-state index in [0.29, 0.717) is 0 Å². The fraction of sp³-hybridized carbons (Fsp3) is 0.917. The Bertz CT molecular complexity index is 696. The highest BCUT2D eigenvalue weighted by atomic mass is 32.2. The van der Waals surface area contributed by atoms with E-state index in [2.05, 4.69) is 0 Å². The maximum atomic E-state index is 12.7. The van der Waals surface area contributed by atoms with Gasteiger partial charge in [-0.25, -0.2) is 8.42 Å². The van der Waals surface area contributed by atoms with Gasteiger partial charge in [-0.15, -0.1) is 0 Å². The quantitative estimate of drug-likeness (QED) is 0.854. The van der Waals surface area contributed by atoms with E-state index in [9.17, 15) is 18.3 Å². The van der Waals surface area contributed by atoms with Gasteiger partial charge in [-0.05, 0) is 33.5 Å². The third kappa shape index (κ3) is 3.00. The number of rotatable bonds is 3. The normalized spacial score (nSPS) is 44.2. The Morgan fingerprint density at radius 3 is 2.71 bits per heavy atom. The zero-order valence-electron chi connectivity index (χ0n) is 18.7. The summed E-state index contributed by atoms with van der Waals surface area (Å²) in [7, 11) is -4.75. The van der Waals surface area contributed by atoms with Gasteiger partial charge in [-0.3, -0.25) is 4.79 Å². The van der Waals surface area contributed by atoms with E-state index in [4.69, 9.17) is 12.3 Å². The van der Waals surface area contributed by atoms with Gasteiger partial charge in [-0.1, -0.05) is 19.2 Å². The predicted octanol–water partition coefficient (Wildman–Crippen LogP) is 2.23. The third-order valence-corrected chi connectivity index (χ3v) is 5.12. The molecule has 4 nitrogen and oxygen atoms in total. The van der Waals surface area contributed by atoms with Crippen LogP contribution in [-0.2, 0) is 14.6 Å². The number of sulfone groups is 1. The number of aliphatic carboxylic acids is 1. The molecule has 1 aliphatic carbocycles. The average Bonchev–Trinajstić information content (AvgIpc) is 2.39. The summed E-state index contributed by atoms with van der Waals surface area (Å²) < 4.78 is 92.3. The molecule has 1 N–H and O–H groups in total. The molecule has 5 heteroatoms. The van der Waals surface area contributed by atoms with Gasteiger partial charge in [0.15, 0.2) is 9.84 Å². The van der Waals surface area contributed by atoms with Crippen molar-refractivity contribution < 1.29 is 30.7 Å². The molecule has 0 heterocycles. The van der Waals surface area contributed by atoms with Crippen LogP contribution in [0.2, 0.25) is 0 Å². The average molecular weight is 271 g/mol. The van der Waals surface area contributed by atoms with Crippen LogP contribution in [0.5, 0.6) is 0 Å². The Kier molecular flexibility index (Phi) is 1.63. The van der Waals surface area contributed by atoms with Crippen LogP contribution in [0, 0.1) is 5.41 Å². The summed E-state index contributed by atoms with van der Waals surface area (Å²) in [5.74, 6) is -3.41. The zero-order valence-corrected chi connectivity index (χ0v) is 10.5. The van der Waals surface area contributed by atoms with Crippen molar-refractivity contribution >= 4 is 15.8 Å². The summed E-state index contributed by atoms with van der Waals surface area (Å²) in [5.41, 5.74) is -2.83. The minimum Gasteiger partial charge on any atom is -0.481 e. The molecule has 0 spiro atoms. The van der Waals surface area contributed by atoms with Crippen molar-refractivity contribution in [2.75, 3.05) is 5.75 Å². The second-order valence-corrected chi connectivity index (χ2v) is 7.12. The molecule has 0 amide bonds. The molecule has 1 rings (SSSR count). The molecule has 0 aromatic carbocycles. The molecule has 0 aliphatic heterocycles. The van der Waals surface area contributed by atoms with Crippen molar-refractivity contribution in [3.63, 3.8) is 0 Å². The second-order valence-electron chi connectivity index (χ2n) is 4.58. The molecule has 0 aromatic heterocycles. The van der Waals surface area contributed by atoms with Gasteiger partial charge >= 0.3 is 5.97 Å². The second kappa shape index (κ2) is 4.59. The smallest absolute Gasteiger partial charge is 0.310 e. The first-order valence-electron chi connectivity index (χ1n) is 9.56. The molecule has 17 heavy (non-hydrogen) atoms. The Hall–Kier alpha value is -0.580. The van der Waals surface area contributed by atoms with E-state index in [0.717, 1.165) is 13.8 Å². The Morgan fingerprint density at radius 1 is 1.53 bits per heavy atom. The van der Waals surface area contributed by atoms with Gasteiger partial charge in [0, 0.05) is 12.3 Å². The summed E-state index contributed by atoms with van der Waals surface area (Å²) in [4.78, 5) is 11.9. The van der Waals surface area contributed by atoms with Crippen LogP contribution >= 0.6 is 0 Å². The largest absolute Gasteiger partial charge is 0.481 e. The fourth-order valence-electron chi connectivity index (χ4n) is 1.40. The van der Waals surface area contributed by atoms with E-state index >= 15 is 0 Å². The molecule has 1 aliphatic rings. The van der Waals surface area contributed by atoms with Crippen molar-refractivity contribution in [3.8, 4) is 0 Å². The van der Waals surface area contributed by atoms with Crippen molar-refractivity contribution in [3.05, 3.63) is 0 Å². The molecule has 0 bridgehead atoms. The topological polar surface area (TPSA) is 71.4 Å². The predicted molar refractivity (Wildman–Crippen MR) is 66.7 cm³/mol. The van der Waals surface area contributed by atoms with Gasteiger partial charge in [0.1, 0.15) is 0 Å². The van der Waals surface area contributed by atoms with Crippen LogP contribution in [0.1, 0.15) is 65.0 Å². The monoisotopic (exact) mass is 271 g/mol. The van der Waals surface area contributed by atoms with Gasteiger partial charge in [0.2, 0.25) is 0 Å². The molecule has 0 saturated heterocycles. The number of carbonyl (C=O) groups is 1. The summed E-state index contributed by atoms with van der Waals surface area (Å²) >= 11 is 0. The van der Waals surface area contributed by atoms with E-state index in [1.165, 1.54) is 0 Å². The number of carboxylic acid groups (broad SMARTS) is 1. The molecule has 100 valence electrons. The highest BCUT2D eigenvalue weighted by Crippen LogP contribution is 2.39. The van der Waals surface area contributed by atoms with Gasteiger partial charge in [0.25, 0.3) is 0 Å². The highest BCUT2D eigenvalue weighted by molar-refractivity contribution is 7.92. The third-order valence-electron chi connectivity index (χ3n) is 2.69. The summed E-state index contributed by atoms with van der Waals surface area (Å²) in [6.45, 7) is -1.28. The molecule has 1 saturated carbocycles. The first-order valence-corrected chi connectivity index (χ1v) is 6.72. The number of hydrogen-bond donors (Lipinski definition) is 1. The minimum atomic E-state index is -4.75. The number of carboxylic acids is 1. The lowest BCUT2D eigenvalue weighted by molar-refractivity contribution is -0.149. The van der Waals surface area contributed by atoms with Crippen LogP contribution < -0.4 is 0 Å². The molecular weight excluding hydrogens is 240 g/mol. The molecule has 1 atom stereocenters. The van der Waals surface area contributed by atoms with Crippen molar-refractivity contribution in [2.24, 2.45) is 5.41 Å². The standard InChI is InChI=1S/C12H22O4S/c1-11(2,3)17(15,16)9-12(10(13)14)7-5-4-6-8-12/h4-9H2,1-3H3,(H,13,14)/i1D3,4D2,5D2,7D2. The maximum absolute atomic E-state index is 12.7. The van der Waals surface area contributed by atoms with E-state index < -0.39 is 70.5 Å². The first-order chi connectivity index (χ1) is 11.1. The SMILES string of the molecule is [2H]C([2H])([2H])C(C)(C)S(=O)(=O)CC1(C(=O)O)CCC([2H])([2H])C([2H])([2H])C1([2H])[2H]. The van der Waals surface area contributed by atoms with E-state index in [1.807, 2.05) is 0 Å². The lowest BCUT2D eigenvalue weighted by atomic mass is 9.76. The number of hydrogen-bond acceptors (Lipinski definition) is 3. The van der Waals surface area contributed by atoms with Crippen LogP contribution in [0.25, 0.3) is 0 Å². The molecular formula is C12H22O4S. The summed E-state index contributed by atoms with van der Waals surface area (Å²) in [5, 5.41) is 9.62. The van der Waals surface area contributed by atoms with Gasteiger partial charge in [-0.2, -0.15) is 0 Å². The van der Waals surface area contributed by atoms with Gasteiger partial charge in [0.05, 0.1) is 15.9 Å². The van der Waals surface area contributed by atoms with Crippen molar-refractivity contribution in [2.45, 2.75) is 57.4 Å². The molecule has 0 radical (unpaired) electrons. The van der Waals surface area contributed by atoms with Gasteiger partial charge < -0.3 is 5.11 Å². The molecule has 1 unspecified atom stereocenters. The van der Waals surface area contributed by atoms with Crippen LogP contribution in [-0.4, -0.2) is 30.0 Å². The van der Waals surface area contributed by atoms with Crippen molar-refractivity contribution in [1.29, 1.82) is 0 Å². The van der Waals surface area contributed by atoms with E-state index in [-0.39, 0.29) is 0 Å². The van der Waals surface area contributed by atoms with Crippen molar-refractivity contribution in [1.82, 2.24) is 0 Å². The summed E-state index contributed by atoms with van der Waals surface area (Å²) in [6.07, 6.45) is -11.0. The maximum Gasteiger partial charge on any atom is 0.310 e. The van der Waals surface area contributed by atoms with Crippen LogP contribution in [0.4, 0.5) is 0 Å². The Balaban J connectivity index is 3.62. The zero-order chi connectivity index (χ0) is 21.2. The highest BCUT2D eigenvalue weighted by Gasteiger charge is 2.46. The Morgan fingerprint density at radius 2 is 2.18 bits per heavy atom. The fourth-order valence-corrected chi connectivity index (χ4v) is 2.75. The van der Waals surface area contributed by atoms with Crippen LogP contribution in [0.15, 0.2) is 0 Å². The lowest BCUT2D eigenvalue weighted by Crippen LogP contribution is -2.44. The lowest BCUT2D eigenvalue weighted by Gasteiger charge is -2.35. The minimum absolute atomic E-state index is 0.727. The van der Waals surface area contributed by atoms with Crippen LogP contribution in [0.3, 0.4) is 0 Å². The molecule has 1 fully saturated rings. The first kappa shape index (κ1) is 6.04. The van der Waals surface area contributed by atoms with E-state index in [1.54, 1.807) is 0 Å². The Labute approximate surface area is 116 Å².